The van der Waals surface area contributed by atoms with Crippen LogP contribution in [0.3, 0.4) is 0 Å². The van der Waals surface area contributed by atoms with E-state index in [0.29, 0.717) is 0 Å². The van der Waals surface area contributed by atoms with E-state index in [1.807, 2.05) is 0 Å². The molecule has 0 fully saturated rings. The summed E-state index contributed by atoms with van der Waals surface area (Å²) in [7, 11) is 2.21. The van der Waals surface area contributed by atoms with E-state index in [1.165, 1.54) is 19.5 Å². The van der Waals surface area contributed by atoms with Gasteiger partial charge in [-0.1, -0.05) is 0 Å². The predicted molar refractivity (Wildman–Crippen MR) is 47.3 cm³/mol. The molecule has 2 atom stereocenters. The molecule has 0 saturated carbocycles. The summed E-state index contributed by atoms with van der Waals surface area (Å²) in [5.41, 5.74) is 0. The van der Waals surface area contributed by atoms with E-state index < -0.39 is 0 Å². The summed E-state index contributed by atoms with van der Waals surface area (Å²) in [5.74, 6) is 1.58. The van der Waals surface area contributed by atoms with E-state index in [9.17, 15) is 0 Å². The van der Waals surface area contributed by atoms with Crippen molar-refractivity contribution in [1.82, 2.24) is 0 Å². The van der Waals surface area contributed by atoms with Crippen LogP contribution < -0.4 is 4.90 Å². The van der Waals surface area contributed by atoms with Crippen molar-refractivity contribution >= 4 is 5.84 Å². The van der Waals surface area contributed by atoms with Gasteiger partial charge in [0.05, 0.1) is 13.0 Å². The highest BCUT2D eigenvalue weighted by atomic mass is 15.3. The second-order valence-electron chi connectivity index (χ2n) is 3.42. The third kappa shape index (κ3) is 1.45. The summed E-state index contributed by atoms with van der Waals surface area (Å²) in [6, 6.07) is 0.736. The fraction of sp³-hybridized carbons (Fsp3) is 0.889. The Bertz CT molecular complexity index is 172. The number of nitrogens with zero attached hydrogens (tertiary/aromatic N) is 1. The zero-order valence-electron chi connectivity index (χ0n) is 8.15. The lowest BCUT2D eigenvalue weighted by Crippen LogP contribution is -3.13. The first-order valence-corrected chi connectivity index (χ1v) is 4.64. The van der Waals surface area contributed by atoms with Crippen LogP contribution in [0.5, 0.6) is 0 Å². The minimum Gasteiger partial charge on any atom is -0.246 e. The zero-order valence-corrected chi connectivity index (χ0v) is 8.15. The Labute approximate surface area is 69.5 Å². The van der Waals surface area contributed by atoms with Crippen LogP contribution in [0, 0.1) is 0 Å². The topological polar surface area (TPSA) is 7.45 Å². The van der Waals surface area contributed by atoms with Gasteiger partial charge in [-0.15, -0.1) is 0 Å². The van der Waals surface area contributed by atoms with Crippen LogP contribution in [-0.2, 0) is 0 Å². The van der Waals surface area contributed by atoms with Crippen LogP contribution in [-0.4, -0.2) is 36.6 Å². The smallest absolute Gasteiger partial charge is 0.246 e. The molecule has 2 unspecified atom stereocenters. The summed E-state index contributed by atoms with van der Waals surface area (Å²) in [5, 5.41) is 0. The first-order valence-electron chi connectivity index (χ1n) is 4.64. The second-order valence-corrected chi connectivity index (χ2v) is 3.42. The number of likely N-dealkylation sites (N-methyl/N-ethyl adjacent to an activating group) is 2. The zero-order chi connectivity index (χ0) is 8.43. The standard InChI is InChI=1S/C9H19N2/c1-5-9-10(4)8(3)7-11(9)6-2/h8H,5-7H2,1-4H3/q+1/p+1. The van der Waals surface area contributed by atoms with E-state index in [0.717, 1.165) is 6.04 Å². The van der Waals surface area contributed by atoms with Gasteiger partial charge in [0.1, 0.15) is 13.6 Å². The quantitative estimate of drug-likeness (QED) is 0.527. The molecule has 0 aromatic rings. The van der Waals surface area contributed by atoms with E-state index >= 15 is 0 Å². The Morgan fingerprint density at radius 3 is 2.55 bits per heavy atom. The molecule has 1 heterocycles. The van der Waals surface area contributed by atoms with Gasteiger partial charge in [-0.25, -0.2) is 4.90 Å². The van der Waals surface area contributed by atoms with Gasteiger partial charge in [0.2, 0.25) is 6.04 Å². The number of nitrogens with one attached hydrogen (secondary N) is 1. The van der Waals surface area contributed by atoms with Crippen molar-refractivity contribution in [2.45, 2.75) is 33.2 Å². The minimum absolute atomic E-state index is 0.736. The molecule has 0 bridgehead atoms. The number of rotatable bonds is 2. The fourth-order valence-corrected chi connectivity index (χ4v) is 1.97. The molecule has 0 aromatic carbocycles. The normalized spacial score (nSPS) is 31.6. The molecule has 0 aromatic heterocycles. The van der Waals surface area contributed by atoms with E-state index in [4.69, 9.17) is 0 Å². The Kier molecular flexibility index (Phi) is 2.66. The molecular weight excluding hydrogens is 136 g/mol. The lowest BCUT2D eigenvalue weighted by Gasteiger charge is -2.04. The third-order valence-corrected chi connectivity index (χ3v) is 2.80. The van der Waals surface area contributed by atoms with Gasteiger partial charge in [-0.2, -0.15) is 4.58 Å². The first-order chi connectivity index (χ1) is 5.20. The van der Waals surface area contributed by atoms with Crippen LogP contribution in [0.1, 0.15) is 27.2 Å². The first kappa shape index (κ1) is 8.72. The molecule has 0 aliphatic carbocycles. The predicted octanol–water partition coefficient (Wildman–Crippen LogP) is -0.256. The molecule has 2 heteroatoms. The largest absolute Gasteiger partial charge is 0.336 e. The maximum atomic E-state index is 2.43. The van der Waals surface area contributed by atoms with Crippen LogP contribution >= 0.6 is 0 Å². The summed E-state index contributed by atoms with van der Waals surface area (Å²) in [6.07, 6.45) is 1.20. The van der Waals surface area contributed by atoms with Crippen molar-refractivity contribution in [1.29, 1.82) is 0 Å². The number of hydrogen-bond acceptors (Lipinski definition) is 0. The maximum absolute atomic E-state index is 2.43. The molecule has 2 nitrogen and oxygen atoms in total. The summed E-state index contributed by atoms with van der Waals surface area (Å²) in [4.78, 5) is 1.67. The van der Waals surface area contributed by atoms with Gasteiger partial charge >= 0.3 is 5.84 Å². The monoisotopic (exact) mass is 156 g/mol. The van der Waals surface area contributed by atoms with Crippen molar-refractivity contribution in [3.8, 4) is 0 Å². The molecule has 0 radical (unpaired) electrons. The highest BCUT2D eigenvalue weighted by molar-refractivity contribution is 5.68. The summed E-state index contributed by atoms with van der Waals surface area (Å²) >= 11 is 0. The Morgan fingerprint density at radius 1 is 1.55 bits per heavy atom. The van der Waals surface area contributed by atoms with Crippen molar-refractivity contribution in [2.24, 2.45) is 0 Å². The summed E-state index contributed by atoms with van der Waals surface area (Å²) < 4.78 is 2.43. The van der Waals surface area contributed by atoms with Gasteiger partial charge in [-0.3, -0.25) is 0 Å². The molecule has 64 valence electrons. The highest BCUT2D eigenvalue weighted by Gasteiger charge is 2.35. The maximum Gasteiger partial charge on any atom is 0.336 e. The third-order valence-electron chi connectivity index (χ3n) is 2.80. The average molecular weight is 156 g/mol. The van der Waals surface area contributed by atoms with Crippen molar-refractivity contribution in [2.75, 3.05) is 20.1 Å². The molecule has 0 spiro atoms. The minimum atomic E-state index is 0.736. The lowest BCUT2D eigenvalue weighted by molar-refractivity contribution is -0.801. The van der Waals surface area contributed by atoms with Crippen molar-refractivity contribution < 1.29 is 9.48 Å². The molecule has 1 aliphatic rings. The average Bonchev–Trinajstić information content (AvgIpc) is 2.28. The van der Waals surface area contributed by atoms with Crippen LogP contribution in [0.2, 0.25) is 0 Å². The van der Waals surface area contributed by atoms with Gasteiger partial charge in [0.25, 0.3) is 0 Å². The number of hydrogen-bond donors (Lipinski definition) is 1. The van der Waals surface area contributed by atoms with E-state index in [2.05, 4.69) is 32.4 Å². The molecule has 0 saturated heterocycles. The SMILES string of the molecule is CCC1=[N+](C)C(C)C[NH+]1CC. The fourth-order valence-electron chi connectivity index (χ4n) is 1.97. The molecular formula is C9H20N2+2. The lowest BCUT2D eigenvalue weighted by atomic mass is 10.3. The molecule has 1 aliphatic heterocycles. The van der Waals surface area contributed by atoms with Gasteiger partial charge in [0, 0.05) is 6.92 Å². The van der Waals surface area contributed by atoms with Crippen molar-refractivity contribution in [3.63, 3.8) is 0 Å². The van der Waals surface area contributed by atoms with Gasteiger partial charge in [-0.05, 0) is 13.8 Å². The second kappa shape index (κ2) is 3.35. The Morgan fingerprint density at radius 2 is 2.18 bits per heavy atom. The van der Waals surface area contributed by atoms with Crippen LogP contribution in [0.15, 0.2) is 0 Å². The Hall–Kier alpha value is -0.370. The van der Waals surface area contributed by atoms with E-state index in [-0.39, 0.29) is 0 Å². The summed E-state index contributed by atoms with van der Waals surface area (Å²) in [6.45, 7) is 9.34. The van der Waals surface area contributed by atoms with Crippen molar-refractivity contribution in [3.05, 3.63) is 0 Å². The van der Waals surface area contributed by atoms with Gasteiger partial charge < -0.3 is 0 Å². The molecule has 11 heavy (non-hydrogen) atoms. The number of amidine groups is 1. The molecule has 1 rings (SSSR count). The highest BCUT2D eigenvalue weighted by Crippen LogP contribution is 1.92. The van der Waals surface area contributed by atoms with Crippen LogP contribution in [0.25, 0.3) is 0 Å². The molecule has 1 N–H and O–H groups in total. The Balaban J connectivity index is 2.77. The van der Waals surface area contributed by atoms with Gasteiger partial charge in [0.15, 0.2) is 0 Å². The van der Waals surface area contributed by atoms with Crippen LogP contribution in [0.4, 0.5) is 0 Å². The van der Waals surface area contributed by atoms with E-state index in [1.54, 1.807) is 10.7 Å². The number of quaternary nitrogens is 1. The molecule has 0 amide bonds.